The van der Waals surface area contributed by atoms with E-state index < -0.39 is 17.6 Å². The molecule has 1 unspecified atom stereocenters. The maximum atomic E-state index is 11.5. The van der Waals surface area contributed by atoms with Crippen LogP contribution in [0.25, 0.3) is 0 Å². The summed E-state index contributed by atoms with van der Waals surface area (Å²) in [6, 6.07) is 0. The van der Waals surface area contributed by atoms with Crippen molar-refractivity contribution in [1.29, 1.82) is 0 Å². The fourth-order valence-electron chi connectivity index (χ4n) is 1.70. The van der Waals surface area contributed by atoms with Gasteiger partial charge in [-0.25, -0.2) is 10.7 Å². The quantitative estimate of drug-likeness (QED) is 0.498. The first-order valence-corrected chi connectivity index (χ1v) is 4.90. The Morgan fingerprint density at radius 2 is 2.43 bits per heavy atom. The molecule has 0 aromatic heterocycles. The SMILES string of the molecule is CCCC1C[C@@](N)([C@H](C)ON)C(=O)O1. The number of carbonyl (C=O) groups excluding carboxylic acids is 1. The lowest BCUT2D eigenvalue weighted by Crippen LogP contribution is -2.55. The molecule has 0 aromatic rings. The third kappa shape index (κ3) is 1.89. The Morgan fingerprint density at radius 1 is 1.79 bits per heavy atom. The van der Waals surface area contributed by atoms with Gasteiger partial charge in [0, 0.05) is 6.42 Å². The Kier molecular flexibility index (Phi) is 3.47. The molecule has 5 nitrogen and oxygen atoms in total. The molecule has 1 saturated heterocycles. The minimum absolute atomic E-state index is 0.0879. The van der Waals surface area contributed by atoms with Gasteiger partial charge in [-0.05, 0) is 13.3 Å². The lowest BCUT2D eigenvalue weighted by atomic mass is 9.90. The van der Waals surface area contributed by atoms with Gasteiger partial charge in [0.05, 0.1) is 0 Å². The topological polar surface area (TPSA) is 87.6 Å². The van der Waals surface area contributed by atoms with E-state index in [0.29, 0.717) is 6.42 Å². The van der Waals surface area contributed by atoms with Gasteiger partial charge < -0.3 is 10.5 Å². The molecule has 1 fully saturated rings. The molecule has 3 atom stereocenters. The summed E-state index contributed by atoms with van der Waals surface area (Å²) in [5, 5.41) is 0. The molecule has 1 aliphatic heterocycles. The maximum Gasteiger partial charge on any atom is 0.329 e. The zero-order valence-corrected chi connectivity index (χ0v) is 8.66. The minimum atomic E-state index is -1.07. The van der Waals surface area contributed by atoms with Crippen molar-refractivity contribution in [3.05, 3.63) is 0 Å². The van der Waals surface area contributed by atoms with E-state index in [-0.39, 0.29) is 6.10 Å². The van der Waals surface area contributed by atoms with E-state index in [2.05, 4.69) is 4.84 Å². The molecule has 0 amide bonds. The van der Waals surface area contributed by atoms with Crippen LogP contribution in [0.3, 0.4) is 0 Å². The number of hydrogen-bond acceptors (Lipinski definition) is 5. The number of rotatable bonds is 4. The molecule has 0 radical (unpaired) electrons. The zero-order valence-electron chi connectivity index (χ0n) is 8.66. The third-order valence-corrected chi connectivity index (χ3v) is 2.76. The number of ether oxygens (including phenoxy) is 1. The highest BCUT2D eigenvalue weighted by Crippen LogP contribution is 2.29. The number of carbonyl (C=O) groups is 1. The molecule has 1 aliphatic rings. The lowest BCUT2D eigenvalue weighted by molar-refractivity contribution is -0.149. The molecule has 1 heterocycles. The molecule has 14 heavy (non-hydrogen) atoms. The predicted molar refractivity (Wildman–Crippen MR) is 51.1 cm³/mol. The number of hydrogen-bond donors (Lipinski definition) is 2. The van der Waals surface area contributed by atoms with Crippen LogP contribution in [0.5, 0.6) is 0 Å². The van der Waals surface area contributed by atoms with Crippen LogP contribution in [-0.4, -0.2) is 23.7 Å². The zero-order chi connectivity index (χ0) is 10.8. The fourth-order valence-corrected chi connectivity index (χ4v) is 1.70. The smallest absolute Gasteiger partial charge is 0.329 e. The van der Waals surface area contributed by atoms with Gasteiger partial charge >= 0.3 is 5.97 Å². The normalized spacial score (nSPS) is 34.3. The summed E-state index contributed by atoms with van der Waals surface area (Å²) >= 11 is 0. The highest BCUT2D eigenvalue weighted by molar-refractivity contribution is 5.83. The summed E-state index contributed by atoms with van der Waals surface area (Å²) in [5.74, 6) is 4.62. The van der Waals surface area contributed by atoms with Crippen LogP contribution >= 0.6 is 0 Å². The van der Waals surface area contributed by atoms with E-state index in [1.165, 1.54) is 0 Å². The number of cyclic esters (lactones) is 1. The van der Waals surface area contributed by atoms with Gasteiger partial charge in [0.2, 0.25) is 0 Å². The van der Waals surface area contributed by atoms with Crippen molar-refractivity contribution in [2.24, 2.45) is 11.6 Å². The van der Waals surface area contributed by atoms with E-state index in [9.17, 15) is 4.79 Å². The molecule has 5 heteroatoms. The average molecular weight is 202 g/mol. The summed E-state index contributed by atoms with van der Waals surface area (Å²) in [4.78, 5) is 16.1. The Balaban J connectivity index is 2.67. The van der Waals surface area contributed by atoms with Crippen molar-refractivity contribution in [2.45, 2.75) is 50.9 Å². The maximum absolute atomic E-state index is 11.5. The average Bonchev–Trinajstić information content (AvgIpc) is 2.43. The highest BCUT2D eigenvalue weighted by Gasteiger charge is 2.50. The Bertz CT molecular complexity index is 222. The van der Waals surface area contributed by atoms with Gasteiger partial charge in [-0.15, -0.1) is 0 Å². The molecule has 4 N–H and O–H groups in total. The van der Waals surface area contributed by atoms with Crippen LogP contribution in [0.2, 0.25) is 0 Å². The van der Waals surface area contributed by atoms with Crippen molar-refractivity contribution in [3.8, 4) is 0 Å². The van der Waals surface area contributed by atoms with E-state index in [4.69, 9.17) is 16.4 Å². The van der Waals surface area contributed by atoms with Crippen LogP contribution < -0.4 is 11.6 Å². The summed E-state index contributed by atoms with van der Waals surface area (Å²) in [6.45, 7) is 3.71. The Hall–Kier alpha value is -0.650. The van der Waals surface area contributed by atoms with Gasteiger partial charge in [0.25, 0.3) is 0 Å². The second-order valence-corrected chi connectivity index (χ2v) is 3.84. The molecular weight excluding hydrogens is 184 g/mol. The summed E-state index contributed by atoms with van der Waals surface area (Å²) < 4.78 is 5.14. The van der Waals surface area contributed by atoms with Gasteiger partial charge in [0.15, 0.2) is 0 Å². The molecule has 0 aromatic carbocycles. The van der Waals surface area contributed by atoms with Crippen LogP contribution in [0.4, 0.5) is 0 Å². The van der Waals surface area contributed by atoms with Crippen LogP contribution in [-0.2, 0) is 14.4 Å². The third-order valence-electron chi connectivity index (χ3n) is 2.76. The second kappa shape index (κ2) is 4.25. The van der Waals surface area contributed by atoms with Gasteiger partial charge in [-0.3, -0.25) is 4.84 Å². The van der Waals surface area contributed by atoms with Crippen LogP contribution in [0.1, 0.15) is 33.1 Å². The molecule has 82 valence electrons. The van der Waals surface area contributed by atoms with Crippen LogP contribution in [0, 0.1) is 0 Å². The minimum Gasteiger partial charge on any atom is -0.461 e. The fraction of sp³-hybridized carbons (Fsp3) is 0.889. The van der Waals surface area contributed by atoms with Crippen molar-refractivity contribution in [2.75, 3.05) is 0 Å². The van der Waals surface area contributed by atoms with Crippen molar-refractivity contribution >= 4 is 5.97 Å². The molecule has 0 bridgehead atoms. The van der Waals surface area contributed by atoms with E-state index in [0.717, 1.165) is 12.8 Å². The van der Waals surface area contributed by atoms with Crippen molar-refractivity contribution < 1.29 is 14.4 Å². The standard InChI is InChI=1S/C9H18N2O3/c1-3-4-7-5-9(10,6(2)14-11)8(12)13-7/h6-7H,3-5,10-11H2,1-2H3/t6-,7?,9+/m0/s1. The molecule has 0 aliphatic carbocycles. The first kappa shape index (κ1) is 11.4. The number of esters is 1. The van der Waals surface area contributed by atoms with E-state index >= 15 is 0 Å². The first-order chi connectivity index (χ1) is 6.54. The Labute approximate surface area is 83.7 Å². The van der Waals surface area contributed by atoms with E-state index in [1.54, 1.807) is 6.92 Å². The monoisotopic (exact) mass is 202 g/mol. The molecule has 0 spiro atoms. The molecule has 0 saturated carbocycles. The van der Waals surface area contributed by atoms with Gasteiger partial charge in [0.1, 0.15) is 17.7 Å². The number of nitrogens with two attached hydrogens (primary N) is 2. The largest absolute Gasteiger partial charge is 0.461 e. The molecule has 1 rings (SSSR count). The van der Waals surface area contributed by atoms with Crippen LogP contribution in [0.15, 0.2) is 0 Å². The van der Waals surface area contributed by atoms with Crippen molar-refractivity contribution in [3.63, 3.8) is 0 Å². The molecular formula is C9H18N2O3. The Morgan fingerprint density at radius 3 is 2.93 bits per heavy atom. The second-order valence-electron chi connectivity index (χ2n) is 3.84. The summed E-state index contributed by atoms with van der Waals surface area (Å²) in [6.07, 6.45) is 1.68. The van der Waals surface area contributed by atoms with E-state index in [1.807, 2.05) is 6.92 Å². The predicted octanol–water partition coefficient (Wildman–Crippen LogP) is 0.0783. The summed E-state index contributed by atoms with van der Waals surface area (Å²) in [5.41, 5.74) is 4.82. The van der Waals surface area contributed by atoms with Crippen molar-refractivity contribution in [1.82, 2.24) is 0 Å². The highest BCUT2D eigenvalue weighted by atomic mass is 16.6. The van der Waals surface area contributed by atoms with Gasteiger partial charge in [-0.1, -0.05) is 13.3 Å². The lowest BCUT2D eigenvalue weighted by Gasteiger charge is -2.24. The van der Waals surface area contributed by atoms with Gasteiger partial charge in [-0.2, -0.15) is 0 Å². The first-order valence-electron chi connectivity index (χ1n) is 4.90. The summed E-state index contributed by atoms with van der Waals surface area (Å²) in [7, 11) is 0.